The SMILES string of the molecule is Cc1nc(N2CCN(C(=O)[C@@H]3CCCN3C(=O)OC(C)(C)C)CC2)cc(C(F)(F)F)n1. The number of hydrogen-bond donors (Lipinski definition) is 0. The van der Waals surface area contributed by atoms with E-state index >= 15 is 0 Å². The number of carbonyl (C=O) groups excluding carboxylic acids is 2. The van der Waals surface area contributed by atoms with Gasteiger partial charge in [-0.15, -0.1) is 0 Å². The lowest BCUT2D eigenvalue weighted by Crippen LogP contribution is -2.55. The van der Waals surface area contributed by atoms with Gasteiger partial charge in [0.25, 0.3) is 0 Å². The summed E-state index contributed by atoms with van der Waals surface area (Å²) in [7, 11) is 0. The van der Waals surface area contributed by atoms with E-state index in [4.69, 9.17) is 4.74 Å². The first kappa shape index (κ1) is 23.1. The summed E-state index contributed by atoms with van der Waals surface area (Å²) in [6, 6.07) is 0.366. The molecular weight excluding hydrogens is 415 g/mol. The Kier molecular flexibility index (Phi) is 6.33. The molecule has 0 bridgehead atoms. The molecule has 3 rings (SSSR count). The summed E-state index contributed by atoms with van der Waals surface area (Å²) in [5.41, 5.74) is -1.63. The molecule has 0 radical (unpaired) electrons. The van der Waals surface area contributed by atoms with Gasteiger partial charge in [-0.3, -0.25) is 9.69 Å². The normalized spacial score (nSPS) is 20.2. The largest absolute Gasteiger partial charge is 0.444 e. The molecule has 8 nitrogen and oxygen atoms in total. The number of ether oxygens (including phenoxy) is 1. The second kappa shape index (κ2) is 8.51. The number of hydrogen-bond acceptors (Lipinski definition) is 6. The van der Waals surface area contributed by atoms with Crippen LogP contribution in [-0.4, -0.2) is 76.1 Å². The third kappa shape index (κ3) is 5.56. The maximum absolute atomic E-state index is 13.1. The topological polar surface area (TPSA) is 78.9 Å². The second-order valence-corrected chi connectivity index (χ2v) is 8.80. The van der Waals surface area contributed by atoms with E-state index < -0.39 is 29.6 Å². The second-order valence-electron chi connectivity index (χ2n) is 8.80. The van der Waals surface area contributed by atoms with Crippen LogP contribution in [0.4, 0.5) is 23.8 Å². The van der Waals surface area contributed by atoms with Gasteiger partial charge in [-0.25, -0.2) is 14.8 Å². The molecule has 0 saturated carbocycles. The molecule has 2 fully saturated rings. The molecule has 2 aliphatic heterocycles. The van der Waals surface area contributed by atoms with Gasteiger partial charge in [-0.2, -0.15) is 13.2 Å². The first-order valence-corrected chi connectivity index (χ1v) is 10.3. The summed E-state index contributed by atoms with van der Waals surface area (Å²) >= 11 is 0. The number of aromatic nitrogens is 2. The van der Waals surface area contributed by atoms with Crippen molar-refractivity contribution in [1.82, 2.24) is 19.8 Å². The van der Waals surface area contributed by atoms with Crippen molar-refractivity contribution >= 4 is 17.8 Å². The number of amides is 2. The summed E-state index contributed by atoms with van der Waals surface area (Å²) in [6.45, 7) is 8.57. The highest BCUT2D eigenvalue weighted by Crippen LogP contribution is 2.30. The fourth-order valence-corrected chi connectivity index (χ4v) is 3.79. The smallest absolute Gasteiger partial charge is 0.433 e. The van der Waals surface area contributed by atoms with E-state index in [2.05, 4.69) is 9.97 Å². The Hall–Kier alpha value is -2.59. The quantitative estimate of drug-likeness (QED) is 0.700. The number of anilines is 1. The zero-order chi connectivity index (χ0) is 23.0. The number of likely N-dealkylation sites (tertiary alicyclic amines) is 1. The van der Waals surface area contributed by atoms with Crippen LogP contribution >= 0.6 is 0 Å². The van der Waals surface area contributed by atoms with Crippen molar-refractivity contribution in [3.8, 4) is 0 Å². The van der Waals surface area contributed by atoms with Crippen LogP contribution in [0, 0.1) is 6.92 Å². The van der Waals surface area contributed by atoms with Crippen LogP contribution in [-0.2, 0) is 15.7 Å². The molecular formula is C20H28F3N5O3. The molecule has 0 N–H and O–H groups in total. The number of rotatable bonds is 2. The monoisotopic (exact) mass is 443 g/mol. The van der Waals surface area contributed by atoms with Gasteiger partial charge in [0.05, 0.1) is 0 Å². The summed E-state index contributed by atoms with van der Waals surface area (Å²) in [5.74, 6) is 0.0864. The highest BCUT2D eigenvalue weighted by molar-refractivity contribution is 5.86. The molecule has 1 atom stereocenters. The minimum absolute atomic E-state index is 0.0438. The number of aryl methyl sites for hydroxylation is 1. The summed E-state index contributed by atoms with van der Waals surface area (Å²) in [5, 5.41) is 0. The van der Waals surface area contributed by atoms with Crippen molar-refractivity contribution in [1.29, 1.82) is 0 Å². The Morgan fingerprint density at radius 1 is 1.06 bits per heavy atom. The van der Waals surface area contributed by atoms with Gasteiger partial charge < -0.3 is 14.5 Å². The lowest BCUT2D eigenvalue weighted by molar-refractivity contribution is -0.141. The minimum Gasteiger partial charge on any atom is -0.444 e. The molecule has 1 aromatic heterocycles. The van der Waals surface area contributed by atoms with E-state index in [-0.39, 0.29) is 17.5 Å². The molecule has 0 spiro atoms. The molecule has 0 unspecified atom stereocenters. The van der Waals surface area contributed by atoms with Crippen LogP contribution in [0.25, 0.3) is 0 Å². The third-order valence-corrected chi connectivity index (χ3v) is 5.20. The highest BCUT2D eigenvalue weighted by atomic mass is 19.4. The molecule has 2 aliphatic rings. The maximum atomic E-state index is 13.1. The zero-order valence-corrected chi connectivity index (χ0v) is 18.2. The maximum Gasteiger partial charge on any atom is 0.433 e. The Bertz CT molecular complexity index is 832. The van der Waals surface area contributed by atoms with Crippen molar-refractivity contribution < 1.29 is 27.5 Å². The number of halogens is 3. The van der Waals surface area contributed by atoms with Gasteiger partial charge >= 0.3 is 12.3 Å². The van der Waals surface area contributed by atoms with Gasteiger partial charge in [0.15, 0.2) is 0 Å². The standard InChI is InChI=1S/C20H28F3N5O3/c1-13-24-15(20(21,22)23)12-16(25-13)26-8-10-27(11-9-26)17(29)14-6-5-7-28(14)18(30)31-19(2,3)4/h12,14H,5-11H2,1-4H3/t14-/m0/s1. The molecule has 31 heavy (non-hydrogen) atoms. The zero-order valence-electron chi connectivity index (χ0n) is 18.2. The van der Waals surface area contributed by atoms with Gasteiger partial charge in [-0.05, 0) is 40.5 Å². The van der Waals surface area contributed by atoms with E-state index in [9.17, 15) is 22.8 Å². The lowest BCUT2D eigenvalue weighted by Gasteiger charge is -2.38. The van der Waals surface area contributed by atoms with Gasteiger partial charge in [0.2, 0.25) is 5.91 Å². The van der Waals surface area contributed by atoms with Gasteiger partial charge in [-0.1, -0.05) is 0 Å². The van der Waals surface area contributed by atoms with Crippen LogP contribution in [0.5, 0.6) is 0 Å². The van der Waals surface area contributed by atoms with Gasteiger partial charge in [0, 0.05) is 38.8 Å². The molecule has 11 heteroatoms. The van der Waals surface area contributed by atoms with Crippen LogP contribution in [0.2, 0.25) is 0 Å². The van der Waals surface area contributed by atoms with Gasteiger partial charge in [0.1, 0.15) is 29.0 Å². The average molecular weight is 443 g/mol. The fraction of sp³-hybridized carbons (Fsp3) is 0.700. The number of nitrogens with zero attached hydrogens (tertiary/aromatic N) is 5. The molecule has 3 heterocycles. The van der Waals surface area contributed by atoms with Crippen molar-refractivity contribution in [2.75, 3.05) is 37.6 Å². The predicted octanol–water partition coefficient (Wildman–Crippen LogP) is 2.85. The molecule has 0 aliphatic carbocycles. The summed E-state index contributed by atoms with van der Waals surface area (Å²) in [4.78, 5) is 38.0. The molecule has 2 amide bonds. The van der Waals surface area contributed by atoms with Crippen molar-refractivity contribution in [3.63, 3.8) is 0 Å². The summed E-state index contributed by atoms with van der Waals surface area (Å²) < 4.78 is 44.6. The van der Waals surface area contributed by atoms with Crippen LogP contribution in [0.15, 0.2) is 6.07 Å². The van der Waals surface area contributed by atoms with E-state index in [0.29, 0.717) is 39.1 Å². The summed E-state index contributed by atoms with van der Waals surface area (Å²) in [6.07, 6.45) is -3.76. The van der Waals surface area contributed by atoms with Crippen molar-refractivity contribution in [3.05, 3.63) is 17.6 Å². The van der Waals surface area contributed by atoms with Crippen LogP contribution in [0.3, 0.4) is 0 Å². The predicted molar refractivity (Wildman–Crippen MR) is 107 cm³/mol. The van der Waals surface area contributed by atoms with E-state index in [1.54, 1.807) is 30.6 Å². The number of carbonyl (C=O) groups is 2. The Morgan fingerprint density at radius 3 is 2.29 bits per heavy atom. The average Bonchev–Trinajstić information content (AvgIpc) is 3.15. The molecule has 2 saturated heterocycles. The first-order valence-electron chi connectivity index (χ1n) is 10.3. The first-order chi connectivity index (χ1) is 14.3. The fourth-order valence-electron chi connectivity index (χ4n) is 3.79. The minimum atomic E-state index is -4.55. The van der Waals surface area contributed by atoms with E-state index in [1.807, 2.05) is 0 Å². The third-order valence-electron chi connectivity index (χ3n) is 5.20. The highest BCUT2D eigenvalue weighted by Gasteiger charge is 2.39. The molecule has 0 aromatic carbocycles. The van der Waals surface area contributed by atoms with E-state index in [0.717, 1.165) is 12.5 Å². The van der Waals surface area contributed by atoms with Crippen LogP contribution in [0.1, 0.15) is 45.1 Å². The molecule has 1 aromatic rings. The molecule has 172 valence electrons. The number of piperazine rings is 1. The Morgan fingerprint density at radius 2 is 1.71 bits per heavy atom. The van der Waals surface area contributed by atoms with Crippen molar-refractivity contribution in [2.45, 2.75) is 58.4 Å². The Balaban J connectivity index is 1.64. The van der Waals surface area contributed by atoms with Crippen molar-refractivity contribution in [2.24, 2.45) is 0 Å². The number of alkyl halides is 3. The van der Waals surface area contributed by atoms with E-state index in [1.165, 1.54) is 11.8 Å². The van der Waals surface area contributed by atoms with Crippen LogP contribution < -0.4 is 4.90 Å². The Labute approximate surface area is 179 Å². The lowest BCUT2D eigenvalue weighted by atomic mass is 10.1.